The van der Waals surface area contributed by atoms with E-state index in [9.17, 15) is 4.79 Å². The molecular formula is C16H27ClN2O. The Morgan fingerprint density at radius 2 is 1.95 bits per heavy atom. The number of rotatable bonds is 4. The topological polar surface area (TPSA) is 55.1 Å². The van der Waals surface area contributed by atoms with Crippen molar-refractivity contribution in [1.82, 2.24) is 5.32 Å². The van der Waals surface area contributed by atoms with Gasteiger partial charge in [-0.1, -0.05) is 50.6 Å². The predicted octanol–water partition coefficient (Wildman–Crippen LogP) is 3.36. The summed E-state index contributed by atoms with van der Waals surface area (Å²) in [5.74, 6) is 0.0106. The van der Waals surface area contributed by atoms with Gasteiger partial charge in [0.1, 0.15) is 0 Å². The lowest BCUT2D eigenvalue weighted by molar-refractivity contribution is -0.122. The third-order valence-corrected chi connectivity index (χ3v) is 3.05. The van der Waals surface area contributed by atoms with E-state index in [1.807, 2.05) is 13.0 Å². The van der Waals surface area contributed by atoms with Crippen molar-refractivity contribution in [3.8, 4) is 0 Å². The van der Waals surface area contributed by atoms with Gasteiger partial charge in [0, 0.05) is 12.5 Å². The first-order valence-corrected chi connectivity index (χ1v) is 6.81. The number of carbonyl (C=O) groups excluding carboxylic acids is 1. The lowest BCUT2D eigenvalue weighted by Gasteiger charge is -2.32. The van der Waals surface area contributed by atoms with Crippen molar-refractivity contribution in [2.75, 3.05) is 0 Å². The number of nitrogens with one attached hydrogen (secondary N) is 1. The van der Waals surface area contributed by atoms with E-state index in [1.165, 1.54) is 5.56 Å². The van der Waals surface area contributed by atoms with Gasteiger partial charge in [0.25, 0.3) is 0 Å². The molecule has 3 nitrogen and oxygen atoms in total. The van der Waals surface area contributed by atoms with Crippen LogP contribution in [-0.4, -0.2) is 11.9 Å². The predicted molar refractivity (Wildman–Crippen MR) is 87.0 cm³/mol. The minimum Gasteiger partial charge on any atom is -0.349 e. The second-order valence-electron chi connectivity index (χ2n) is 6.46. The summed E-state index contributed by atoms with van der Waals surface area (Å²) in [5, 5.41) is 3.11. The smallest absolute Gasteiger partial charge is 0.222 e. The van der Waals surface area contributed by atoms with Crippen LogP contribution in [0.1, 0.15) is 51.3 Å². The van der Waals surface area contributed by atoms with Crippen molar-refractivity contribution in [3.63, 3.8) is 0 Å². The molecule has 0 saturated heterocycles. The maximum atomic E-state index is 12.0. The normalized spacial score (nSPS) is 14.1. The SMILES string of the molecule is Cc1cccc(C(NC(=O)CC(C)N)C(C)(C)C)c1.Cl. The van der Waals surface area contributed by atoms with E-state index in [0.717, 1.165) is 5.56 Å². The summed E-state index contributed by atoms with van der Waals surface area (Å²) in [5.41, 5.74) is 7.99. The average Bonchev–Trinajstić information content (AvgIpc) is 2.23. The van der Waals surface area contributed by atoms with Gasteiger partial charge in [-0.15, -0.1) is 12.4 Å². The summed E-state index contributed by atoms with van der Waals surface area (Å²) in [6, 6.07) is 8.17. The van der Waals surface area contributed by atoms with Crippen LogP contribution >= 0.6 is 12.4 Å². The lowest BCUT2D eigenvalue weighted by atomic mass is 9.82. The van der Waals surface area contributed by atoms with Gasteiger partial charge in [0.15, 0.2) is 0 Å². The van der Waals surface area contributed by atoms with Gasteiger partial charge in [-0.25, -0.2) is 0 Å². The van der Waals surface area contributed by atoms with E-state index >= 15 is 0 Å². The fourth-order valence-corrected chi connectivity index (χ4v) is 2.16. The van der Waals surface area contributed by atoms with Crippen LogP contribution in [0.25, 0.3) is 0 Å². The van der Waals surface area contributed by atoms with Crippen LogP contribution in [0.4, 0.5) is 0 Å². The molecule has 114 valence electrons. The van der Waals surface area contributed by atoms with Crippen molar-refractivity contribution >= 4 is 18.3 Å². The zero-order chi connectivity index (χ0) is 14.6. The fraction of sp³-hybridized carbons (Fsp3) is 0.562. The summed E-state index contributed by atoms with van der Waals surface area (Å²) in [6.07, 6.45) is 0.360. The Kier molecular flexibility index (Phi) is 7.25. The van der Waals surface area contributed by atoms with Crippen molar-refractivity contribution in [1.29, 1.82) is 0 Å². The van der Waals surface area contributed by atoms with Crippen LogP contribution in [0.3, 0.4) is 0 Å². The molecule has 1 rings (SSSR count). The zero-order valence-electron chi connectivity index (χ0n) is 13.1. The standard InChI is InChI=1S/C16H26N2O.ClH/c1-11-7-6-8-13(9-11)15(16(3,4)5)18-14(19)10-12(2)17;/h6-9,12,15H,10,17H2,1-5H3,(H,18,19);1H. The van der Waals surface area contributed by atoms with E-state index in [1.54, 1.807) is 0 Å². The third-order valence-electron chi connectivity index (χ3n) is 3.05. The number of amides is 1. The van der Waals surface area contributed by atoms with E-state index in [4.69, 9.17) is 5.73 Å². The van der Waals surface area contributed by atoms with Crippen molar-refractivity contribution < 1.29 is 4.79 Å². The molecule has 0 aliphatic heterocycles. The van der Waals surface area contributed by atoms with Crippen LogP contribution in [0.15, 0.2) is 24.3 Å². The number of nitrogens with two attached hydrogens (primary N) is 1. The molecule has 3 N–H and O–H groups in total. The molecule has 1 amide bonds. The monoisotopic (exact) mass is 298 g/mol. The molecule has 20 heavy (non-hydrogen) atoms. The van der Waals surface area contributed by atoms with Crippen LogP contribution in [0.5, 0.6) is 0 Å². The van der Waals surface area contributed by atoms with Crippen molar-refractivity contribution in [2.45, 2.75) is 53.1 Å². The minimum absolute atomic E-state index is 0. The first-order chi connectivity index (χ1) is 8.70. The van der Waals surface area contributed by atoms with Crippen molar-refractivity contribution in [3.05, 3.63) is 35.4 Å². The second-order valence-corrected chi connectivity index (χ2v) is 6.46. The number of hydrogen-bond donors (Lipinski definition) is 2. The molecule has 0 saturated carbocycles. The summed E-state index contributed by atoms with van der Waals surface area (Å²) in [7, 11) is 0. The maximum absolute atomic E-state index is 12.0. The largest absolute Gasteiger partial charge is 0.349 e. The Bertz CT molecular complexity index is 438. The molecule has 0 spiro atoms. The Labute approximate surface area is 128 Å². The number of benzene rings is 1. The second kappa shape index (κ2) is 7.65. The Balaban J connectivity index is 0.00000361. The van der Waals surface area contributed by atoms with Gasteiger partial charge < -0.3 is 11.1 Å². The quantitative estimate of drug-likeness (QED) is 0.895. The van der Waals surface area contributed by atoms with E-state index in [0.29, 0.717) is 6.42 Å². The summed E-state index contributed by atoms with van der Waals surface area (Å²) < 4.78 is 0. The van der Waals surface area contributed by atoms with Crippen LogP contribution < -0.4 is 11.1 Å². The highest BCUT2D eigenvalue weighted by atomic mass is 35.5. The van der Waals surface area contributed by atoms with Gasteiger partial charge in [-0.2, -0.15) is 0 Å². The van der Waals surface area contributed by atoms with Gasteiger partial charge in [0.2, 0.25) is 5.91 Å². The molecule has 0 aliphatic carbocycles. The Morgan fingerprint density at radius 3 is 2.40 bits per heavy atom. The highest BCUT2D eigenvalue weighted by molar-refractivity contribution is 5.85. The molecular weight excluding hydrogens is 272 g/mol. The van der Waals surface area contributed by atoms with E-state index in [-0.39, 0.29) is 35.8 Å². The number of aryl methyl sites for hydroxylation is 1. The Hall–Kier alpha value is -1.06. The maximum Gasteiger partial charge on any atom is 0.222 e. The van der Waals surface area contributed by atoms with Gasteiger partial charge in [0.05, 0.1) is 6.04 Å². The number of carbonyl (C=O) groups is 1. The minimum atomic E-state index is -0.113. The number of halogens is 1. The van der Waals surface area contributed by atoms with E-state index in [2.05, 4.69) is 51.2 Å². The fourth-order valence-electron chi connectivity index (χ4n) is 2.16. The van der Waals surface area contributed by atoms with Crippen LogP contribution in [-0.2, 0) is 4.79 Å². The van der Waals surface area contributed by atoms with Gasteiger partial charge in [-0.3, -0.25) is 4.79 Å². The zero-order valence-corrected chi connectivity index (χ0v) is 13.9. The molecule has 0 radical (unpaired) electrons. The first-order valence-electron chi connectivity index (χ1n) is 6.81. The molecule has 0 aliphatic rings. The highest BCUT2D eigenvalue weighted by Gasteiger charge is 2.27. The first kappa shape index (κ1) is 18.9. The van der Waals surface area contributed by atoms with Gasteiger partial charge >= 0.3 is 0 Å². The summed E-state index contributed by atoms with van der Waals surface area (Å²) >= 11 is 0. The molecule has 4 heteroatoms. The molecule has 2 unspecified atom stereocenters. The molecule has 0 bridgehead atoms. The average molecular weight is 299 g/mol. The van der Waals surface area contributed by atoms with Crippen molar-refractivity contribution in [2.24, 2.45) is 11.1 Å². The Morgan fingerprint density at radius 1 is 1.35 bits per heavy atom. The molecule has 1 aromatic carbocycles. The molecule has 2 atom stereocenters. The molecule has 1 aromatic rings. The van der Waals surface area contributed by atoms with Crippen LogP contribution in [0.2, 0.25) is 0 Å². The summed E-state index contributed by atoms with van der Waals surface area (Å²) in [6.45, 7) is 10.3. The summed E-state index contributed by atoms with van der Waals surface area (Å²) in [4.78, 5) is 12.0. The third kappa shape index (κ3) is 5.93. The molecule has 0 aromatic heterocycles. The van der Waals surface area contributed by atoms with E-state index < -0.39 is 0 Å². The number of hydrogen-bond acceptors (Lipinski definition) is 2. The van der Waals surface area contributed by atoms with Crippen LogP contribution in [0, 0.1) is 12.3 Å². The highest BCUT2D eigenvalue weighted by Crippen LogP contribution is 2.33. The molecule has 0 fully saturated rings. The molecule has 0 heterocycles. The van der Waals surface area contributed by atoms with Gasteiger partial charge in [-0.05, 0) is 24.8 Å². The lowest BCUT2D eigenvalue weighted by Crippen LogP contribution is -2.38.